The van der Waals surface area contributed by atoms with Gasteiger partial charge in [-0.1, -0.05) is 11.8 Å². The van der Waals surface area contributed by atoms with E-state index in [0.717, 1.165) is 0 Å². The average Bonchev–Trinajstić information content (AvgIpc) is 2.42. The molecule has 0 aromatic carbocycles. The van der Waals surface area contributed by atoms with Gasteiger partial charge in [0, 0.05) is 5.75 Å². The number of alkyl halides is 10. The molecule has 0 N–H and O–H groups in total. The van der Waals surface area contributed by atoms with E-state index in [1.807, 2.05) is 0 Å². The van der Waals surface area contributed by atoms with Crippen molar-refractivity contribution in [3.63, 3.8) is 0 Å². The van der Waals surface area contributed by atoms with Crippen molar-refractivity contribution in [3.8, 4) is 0 Å². The minimum Gasteiger partial charge on any atom is -0.221 e. The maximum atomic E-state index is 13.2. The fraction of sp³-hybridized carbons (Fsp3) is 1.00. The third kappa shape index (κ3) is 2.25. The van der Waals surface area contributed by atoms with E-state index in [1.165, 1.54) is 0 Å². The molecule has 1 aliphatic rings. The predicted octanol–water partition coefficient (Wildman–Crippen LogP) is 4.52. The van der Waals surface area contributed by atoms with Crippen LogP contribution in [0.3, 0.4) is 0 Å². The van der Waals surface area contributed by atoms with Crippen LogP contribution in [0.4, 0.5) is 43.9 Å². The second-order valence-corrected chi connectivity index (χ2v) is 6.14. The van der Waals surface area contributed by atoms with Crippen LogP contribution in [0.15, 0.2) is 0 Å². The highest BCUT2D eigenvalue weighted by molar-refractivity contribution is 8.22. The Labute approximate surface area is 101 Å². The van der Waals surface area contributed by atoms with Crippen molar-refractivity contribution in [2.45, 2.75) is 27.6 Å². The molecular formula is C6H2F10S2. The Morgan fingerprint density at radius 3 is 1.28 bits per heavy atom. The molecule has 1 heterocycles. The molecule has 0 saturated carbocycles. The van der Waals surface area contributed by atoms with Crippen molar-refractivity contribution in [1.82, 2.24) is 0 Å². The molecule has 1 rings (SSSR count). The van der Waals surface area contributed by atoms with Crippen molar-refractivity contribution < 1.29 is 43.9 Å². The largest absolute Gasteiger partial charge is 0.433 e. The van der Waals surface area contributed by atoms with Crippen molar-refractivity contribution in [2.75, 3.05) is 5.75 Å². The number of rotatable bonds is 0. The number of hydrogen-bond acceptors (Lipinski definition) is 2. The molecule has 0 spiro atoms. The molecule has 0 aromatic rings. The fourth-order valence-electron chi connectivity index (χ4n) is 1.06. The molecule has 1 saturated heterocycles. The zero-order valence-electron chi connectivity index (χ0n) is 7.80. The Bertz CT molecular complexity index is 313. The van der Waals surface area contributed by atoms with Crippen LogP contribution < -0.4 is 0 Å². The first-order valence-corrected chi connectivity index (χ1v) is 5.70. The summed E-state index contributed by atoms with van der Waals surface area (Å²) in [6.45, 7) is 0. The summed E-state index contributed by atoms with van der Waals surface area (Å²) in [5.74, 6) is -1.97. The normalized spacial score (nSPS) is 29.7. The zero-order valence-corrected chi connectivity index (χ0v) is 9.44. The summed E-state index contributed by atoms with van der Waals surface area (Å²) in [5, 5.41) is -4.58. The van der Waals surface area contributed by atoms with Gasteiger partial charge in [0.15, 0.2) is 0 Å². The second-order valence-electron chi connectivity index (χ2n) is 3.23. The monoisotopic (exact) mass is 328 g/mol. The van der Waals surface area contributed by atoms with Crippen LogP contribution in [0.25, 0.3) is 0 Å². The van der Waals surface area contributed by atoms with Crippen LogP contribution in [0, 0.1) is 0 Å². The van der Waals surface area contributed by atoms with Crippen molar-refractivity contribution in [1.29, 1.82) is 0 Å². The topological polar surface area (TPSA) is 0 Å². The molecule has 108 valence electrons. The van der Waals surface area contributed by atoms with Gasteiger partial charge in [0.05, 0.1) is 0 Å². The summed E-state index contributed by atoms with van der Waals surface area (Å²) in [5.41, 5.74) is 0. The lowest BCUT2D eigenvalue weighted by molar-refractivity contribution is -0.236. The molecule has 0 amide bonds. The first-order valence-electron chi connectivity index (χ1n) is 3.89. The minimum absolute atomic E-state index is 1.14. The summed E-state index contributed by atoms with van der Waals surface area (Å²) in [6.07, 6.45) is -17.9. The van der Waals surface area contributed by atoms with E-state index >= 15 is 0 Å². The van der Waals surface area contributed by atoms with Gasteiger partial charge in [-0.25, -0.2) is 4.39 Å². The summed E-state index contributed by atoms with van der Waals surface area (Å²) >= 11 is -2.94. The van der Waals surface area contributed by atoms with Gasteiger partial charge in [-0.3, -0.25) is 0 Å². The Balaban J connectivity index is 3.23. The van der Waals surface area contributed by atoms with E-state index < -0.39 is 56.9 Å². The molecule has 1 aliphatic heterocycles. The van der Waals surface area contributed by atoms with Gasteiger partial charge in [-0.2, -0.15) is 39.5 Å². The lowest BCUT2D eigenvalue weighted by Crippen LogP contribution is -2.51. The molecule has 0 aromatic heterocycles. The Hall–Kier alpha value is -0.000000000000000111. The van der Waals surface area contributed by atoms with Crippen molar-refractivity contribution >= 4 is 23.5 Å². The maximum Gasteiger partial charge on any atom is 0.433 e. The molecule has 12 heteroatoms. The fourth-order valence-corrected chi connectivity index (χ4v) is 3.96. The Morgan fingerprint density at radius 1 is 0.722 bits per heavy atom. The summed E-state index contributed by atoms with van der Waals surface area (Å²) in [4.78, 5) is 0. The molecule has 1 unspecified atom stereocenters. The number of halogens is 10. The molecule has 1 atom stereocenters. The smallest absolute Gasteiger partial charge is 0.221 e. The van der Waals surface area contributed by atoms with Crippen LogP contribution in [0.2, 0.25) is 0 Å². The van der Waals surface area contributed by atoms with Crippen LogP contribution in [-0.4, -0.2) is 33.4 Å². The third-order valence-corrected chi connectivity index (χ3v) is 5.58. The number of thioether (sulfide) groups is 2. The molecular weight excluding hydrogens is 326 g/mol. The maximum absolute atomic E-state index is 13.2. The lowest BCUT2D eigenvalue weighted by atomic mass is 10.4. The molecule has 0 radical (unpaired) electrons. The van der Waals surface area contributed by atoms with Gasteiger partial charge < -0.3 is 0 Å². The van der Waals surface area contributed by atoms with Crippen molar-refractivity contribution in [2.24, 2.45) is 0 Å². The molecule has 0 bridgehead atoms. The summed E-state index contributed by atoms with van der Waals surface area (Å²) in [7, 11) is 0. The molecule has 0 aliphatic carbocycles. The van der Waals surface area contributed by atoms with E-state index in [2.05, 4.69) is 0 Å². The molecule has 0 nitrogen and oxygen atoms in total. The van der Waals surface area contributed by atoms with Crippen molar-refractivity contribution in [3.05, 3.63) is 0 Å². The third-order valence-electron chi connectivity index (χ3n) is 1.94. The van der Waals surface area contributed by atoms with Gasteiger partial charge in [0.1, 0.15) is 0 Å². The highest BCUT2D eigenvalue weighted by Gasteiger charge is 2.81. The van der Waals surface area contributed by atoms with E-state index in [9.17, 15) is 43.9 Å². The van der Waals surface area contributed by atoms with E-state index in [1.54, 1.807) is 0 Å². The quantitative estimate of drug-likeness (QED) is 0.600. The van der Waals surface area contributed by atoms with Crippen LogP contribution in [0.1, 0.15) is 0 Å². The van der Waals surface area contributed by atoms with E-state index in [4.69, 9.17) is 0 Å². The molecule has 1 fully saturated rings. The zero-order chi connectivity index (χ0) is 14.6. The SMILES string of the molecule is FC(F)(F)C1(F)CSC(C(F)(F)F)(C(F)(F)F)S1. The van der Waals surface area contributed by atoms with E-state index in [-0.39, 0.29) is 0 Å². The van der Waals surface area contributed by atoms with Gasteiger partial charge in [-0.15, -0.1) is 11.8 Å². The second kappa shape index (κ2) is 4.00. The van der Waals surface area contributed by atoms with Gasteiger partial charge in [0.25, 0.3) is 9.08 Å². The first-order chi connectivity index (χ1) is 7.66. The number of hydrogen-bond donors (Lipinski definition) is 0. The predicted molar refractivity (Wildman–Crippen MR) is 44.8 cm³/mol. The van der Waals surface area contributed by atoms with Crippen LogP contribution in [-0.2, 0) is 0 Å². The molecule has 18 heavy (non-hydrogen) atoms. The van der Waals surface area contributed by atoms with Gasteiger partial charge >= 0.3 is 18.5 Å². The summed E-state index contributed by atoms with van der Waals surface area (Å²) < 4.78 is 119. The van der Waals surface area contributed by atoms with E-state index in [0.29, 0.717) is 0 Å². The Morgan fingerprint density at radius 2 is 1.11 bits per heavy atom. The van der Waals surface area contributed by atoms with Gasteiger partial charge in [0.2, 0.25) is 0 Å². The van der Waals surface area contributed by atoms with Gasteiger partial charge in [-0.05, 0) is 0 Å². The summed E-state index contributed by atoms with van der Waals surface area (Å²) in [6, 6.07) is 0. The Kier molecular flexibility index (Phi) is 3.56. The van der Waals surface area contributed by atoms with Crippen LogP contribution >= 0.6 is 23.5 Å². The minimum atomic E-state index is -6.06. The highest BCUT2D eigenvalue weighted by Crippen LogP contribution is 2.70. The first kappa shape index (κ1) is 16.1. The standard InChI is InChI=1S/C6H2F10S2/c7-2(4(8,9)10)1-17-3(18-2,5(11,12)13)6(14,15)16/h1H2. The average molecular weight is 328 g/mol. The lowest BCUT2D eigenvalue weighted by Gasteiger charge is -2.32. The van der Waals surface area contributed by atoms with Crippen LogP contribution in [0.5, 0.6) is 0 Å². The highest BCUT2D eigenvalue weighted by atomic mass is 32.2.